The molecule has 1 unspecified atom stereocenters. The highest BCUT2D eigenvalue weighted by molar-refractivity contribution is 7.09. The average Bonchev–Trinajstić information content (AvgIpc) is 3.29. The topological polar surface area (TPSA) is 71.7 Å². The van der Waals surface area contributed by atoms with Crippen molar-refractivity contribution in [2.75, 3.05) is 19.7 Å². The van der Waals surface area contributed by atoms with E-state index in [9.17, 15) is 9.90 Å². The third kappa shape index (κ3) is 5.16. The number of thiophene rings is 1. The van der Waals surface area contributed by atoms with Gasteiger partial charge in [-0.05, 0) is 30.0 Å². The number of nitrogens with one attached hydrogen (secondary N) is 1. The highest BCUT2D eigenvalue weighted by Crippen LogP contribution is 2.24. The van der Waals surface area contributed by atoms with Crippen LogP contribution in [0.25, 0.3) is 22.3 Å². The van der Waals surface area contributed by atoms with Crippen molar-refractivity contribution in [3.05, 3.63) is 87.2 Å². The maximum absolute atomic E-state index is 12.4. The van der Waals surface area contributed by atoms with Crippen LogP contribution in [0.1, 0.15) is 4.88 Å². The van der Waals surface area contributed by atoms with Crippen LogP contribution in [-0.4, -0.2) is 30.9 Å². The lowest BCUT2D eigenvalue weighted by atomic mass is 10.1. The van der Waals surface area contributed by atoms with E-state index < -0.39 is 6.10 Å². The molecule has 30 heavy (non-hydrogen) atoms. The van der Waals surface area contributed by atoms with Crippen LogP contribution in [-0.2, 0) is 6.42 Å². The summed E-state index contributed by atoms with van der Waals surface area (Å²) in [7, 11) is 0. The molecule has 0 amide bonds. The molecular weight excluding hydrogens is 398 g/mol. The Balaban J connectivity index is 1.36. The maximum Gasteiger partial charge on any atom is 0.193 e. The van der Waals surface area contributed by atoms with Crippen LogP contribution >= 0.6 is 11.3 Å². The van der Waals surface area contributed by atoms with Gasteiger partial charge in [-0.3, -0.25) is 4.79 Å². The van der Waals surface area contributed by atoms with Crippen LogP contribution in [0.2, 0.25) is 0 Å². The first kappa shape index (κ1) is 20.3. The van der Waals surface area contributed by atoms with Gasteiger partial charge in [0, 0.05) is 35.7 Å². The summed E-state index contributed by atoms with van der Waals surface area (Å²) >= 11 is 1.73. The van der Waals surface area contributed by atoms with Gasteiger partial charge in [0.2, 0.25) is 0 Å². The smallest absolute Gasteiger partial charge is 0.193 e. The zero-order valence-electron chi connectivity index (χ0n) is 16.4. The molecule has 5 nitrogen and oxygen atoms in total. The van der Waals surface area contributed by atoms with Crippen molar-refractivity contribution in [3.8, 4) is 17.1 Å². The molecule has 0 saturated heterocycles. The summed E-state index contributed by atoms with van der Waals surface area (Å²) in [6, 6.07) is 20.3. The second-order valence-electron chi connectivity index (χ2n) is 7.00. The third-order valence-corrected chi connectivity index (χ3v) is 5.65. The molecule has 0 aliphatic carbocycles. The van der Waals surface area contributed by atoms with Crippen LogP contribution in [0.5, 0.6) is 5.75 Å². The summed E-state index contributed by atoms with van der Waals surface area (Å²) in [5, 5.41) is 16.0. The predicted octanol–water partition coefficient (Wildman–Crippen LogP) is 4.09. The van der Waals surface area contributed by atoms with E-state index in [0.717, 1.165) is 18.5 Å². The number of aliphatic hydroxyl groups is 1. The van der Waals surface area contributed by atoms with Crippen LogP contribution < -0.4 is 15.5 Å². The average molecular weight is 422 g/mol. The van der Waals surface area contributed by atoms with Gasteiger partial charge < -0.3 is 19.6 Å². The third-order valence-electron chi connectivity index (χ3n) is 4.71. The molecule has 2 aromatic carbocycles. The monoisotopic (exact) mass is 421 g/mol. The van der Waals surface area contributed by atoms with Gasteiger partial charge in [0.15, 0.2) is 5.43 Å². The Bertz CT molecular complexity index is 1140. The maximum atomic E-state index is 12.4. The summed E-state index contributed by atoms with van der Waals surface area (Å²) in [5.41, 5.74) is 1.20. The van der Waals surface area contributed by atoms with Crippen molar-refractivity contribution in [2.24, 2.45) is 0 Å². The summed E-state index contributed by atoms with van der Waals surface area (Å²) in [5.74, 6) is 1.06. The van der Waals surface area contributed by atoms with Gasteiger partial charge in [-0.2, -0.15) is 0 Å². The molecular formula is C24H23NO4S. The molecule has 0 aliphatic rings. The van der Waals surface area contributed by atoms with Crippen LogP contribution in [0, 0.1) is 0 Å². The van der Waals surface area contributed by atoms with E-state index in [1.165, 1.54) is 10.9 Å². The van der Waals surface area contributed by atoms with Crippen molar-refractivity contribution in [2.45, 2.75) is 12.5 Å². The molecule has 4 aromatic rings. The lowest BCUT2D eigenvalue weighted by Crippen LogP contribution is -2.32. The normalized spacial score (nSPS) is 12.2. The number of aliphatic hydroxyl groups excluding tert-OH is 1. The van der Waals surface area contributed by atoms with Gasteiger partial charge in [0.25, 0.3) is 0 Å². The van der Waals surface area contributed by atoms with E-state index in [2.05, 4.69) is 16.8 Å². The van der Waals surface area contributed by atoms with Crippen LogP contribution in [0.3, 0.4) is 0 Å². The molecule has 0 fully saturated rings. The molecule has 2 heterocycles. The number of ether oxygens (including phenoxy) is 1. The van der Waals surface area contributed by atoms with Gasteiger partial charge in [0.1, 0.15) is 29.8 Å². The van der Waals surface area contributed by atoms with Crippen LogP contribution in [0.4, 0.5) is 0 Å². The number of rotatable bonds is 9. The number of hydrogen-bond acceptors (Lipinski definition) is 6. The van der Waals surface area contributed by atoms with Gasteiger partial charge in [-0.1, -0.05) is 36.4 Å². The van der Waals surface area contributed by atoms with E-state index >= 15 is 0 Å². The second-order valence-corrected chi connectivity index (χ2v) is 8.03. The first-order valence-corrected chi connectivity index (χ1v) is 10.7. The molecule has 4 rings (SSSR count). The predicted molar refractivity (Wildman–Crippen MR) is 120 cm³/mol. The zero-order chi connectivity index (χ0) is 20.8. The Labute approximate surface area is 178 Å². The highest BCUT2D eigenvalue weighted by atomic mass is 32.1. The molecule has 154 valence electrons. The highest BCUT2D eigenvalue weighted by Gasteiger charge is 2.10. The Morgan fingerprint density at radius 1 is 1.07 bits per heavy atom. The molecule has 0 radical (unpaired) electrons. The number of hydrogen-bond donors (Lipinski definition) is 2. The van der Waals surface area contributed by atoms with Crippen molar-refractivity contribution in [3.63, 3.8) is 0 Å². The fourth-order valence-corrected chi connectivity index (χ4v) is 3.87. The fraction of sp³-hybridized carbons (Fsp3) is 0.208. The SMILES string of the molecule is O=c1cc(-c2ccccc2)oc2cc(OCC(O)CNCCc3cccs3)ccc12. The van der Waals surface area contributed by atoms with Gasteiger partial charge in [-0.15, -0.1) is 11.3 Å². The molecule has 0 spiro atoms. The fourth-order valence-electron chi connectivity index (χ4n) is 3.16. The zero-order valence-corrected chi connectivity index (χ0v) is 17.2. The van der Waals surface area contributed by atoms with Crippen molar-refractivity contribution < 1.29 is 14.3 Å². The van der Waals surface area contributed by atoms with E-state index in [1.807, 2.05) is 36.4 Å². The van der Waals surface area contributed by atoms with Gasteiger partial charge in [-0.25, -0.2) is 0 Å². The molecule has 0 bridgehead atoms. The van der Waals surface area contributed by atoms with Crippen molar-refractivity contribution in [1.29, 1.82) is 0 Å². The Morgan fingerprint density at radius 2 is 1.93 bits per heavy atom. The lowest BCUT2D eigenvalue weighted by Gasteiger charge is -2.13. The number of benzene rings is 2. The van der Waals surface area contributed by atoms with E-state index in [1.54, 1.807) is 29.5 Å². The summed E-state index contributed by atoms with van der Waals surface area (Å²) in [6.45, 7) is 1.41. The largest absolute Gasteiger partial charge is 0.491 e. The quantitative estimate of drug-likeness (QED) is 0.398. The minimum atomic E-state index is -0.633. The minimum Gasteiger partial charge on any atom is -0.491 e. The molecule has 2 aromatic heterocycles. The second kappa shape index (κ2) is 9.71. The van der Waals surface area contributed by atoms with Crippen molar-refractivity contribution in [1.82, 2.24) is 5.32 Å². The van der Waals surface area contributed by atoms with Gasteiger partial charge in [0.05, 0.1) is 5.39 Å². The molecule has 0 saturated carbocycles. The molecule has 2 N–H and O–H groups in total. The van der Waals surface area contributed by atoms with E-state index in [4.69, 9.17) is 9.15 Å². The van der Waals surface area contributed by atoms with E-state index in [0.29, 0.717) is 29.0 Å². The Morgan fingerprint density at radius 3 is 2.73 bits per heavy atom. The minimum absolute atomic E-state index is 0.100. The summed E-state index contributed by atoms with van der Waals surface area (Å²) in [6.07, 6.45) is 0.310. The standard InChI is InChI=1S/C24H23NO4S/c26-18(15-25-11-10-20-7-4-12-30-20)16-28-19-8-9-21-22(27)14-23(29-24(21)13-19)17-5-2-1-3-6-17/h1-9,12-14,18,25-26H,10-11,15-16H2. The van der Waals surface area contributed by atoms with Gasteiger partial charge >= 0.3 is 0 Å². The Kier molecular flexibility index (Phi) is 6.59. The molecule has 0 aliphatic heterocycles. The number of fused-ring (bicyclic) bond motifs is 1. The van der Waals surface area contributed by atoms with E-state index in [-0.39, 0.29) is 12.0 Å². The molecule has 6 heteroatoms. The summed E-state index contributed by atoms with van der Waals surface area (Å²) in [4.78, 5) is 13.8. The lowest BCUT2D eigenvalue weighted by molar-refractivity contribution is 0.107. The molecule has 1 atom stereocenters. The Hall–Kier alpha value is -2.93. The first-order valence-electron chi connectivity index (χ1n) is 9.86. The summed E-state index contributed by atoms with van der Waals surface area (Å²) < 4.78 is 11.7. The first-order chi connectivity index (χ1) is 14.7. The van der Waals surface area contributed by atoms with Crippen molar-refractivity contribution >= 4 is 22.3 Å². The van der Waals surface area contributed by atoms with Crippen LogP contribution in [0.15, 0.2) is 81.3 Å².